The Labute approximate surface area is 185 Å². The van der Waals surface area contributed by atoms with Crippen LogP contribution in [0.4, 0.5) is 5.69 Å². The van der Waals surface area contributed by atoms with E-state index in [0.717, 1.165) is 22.4 Å². The lowest BCUT2D eigenvalue weighted by molar-refractivity contribution is -0.385. The normalized spacial score (nSPS) is 10.7. The summed E-state index contributed by atoms with van der Waals surface area (Å²) < 4.78 is 1.84. The number of benzene rings is 3. The highest BCUT2D eigenvalue weighted by Gasteiger charge is 2.22. The number of para-hydroxylation sites is 1. The molecule has 7 heteroatoms. The van der Waals surface area contributed by atoms with Crippen molar-refractivity contribution in [2.75, 3.05) is 0 Å². The van der Waals surface area contributed by atoms with Crippen molar-refractivity contribution in [2.24, 2.45) is 0 Å². The second kappa shape index (κ2) is 9.26. The van der Waals surface area contributed by atoms with Gasteiger partial charge in [-0.2, -0.15) is 5.10 Å². The van der Waals surface area contributed by atoms with Crippen LogP contribution in [0, 0.1) is 17.0 Å². The molecule has 0 aliphatic rings. The molecular weight excluding hydrogens is 404 g/mol. The first kappa shape index (κ1) is 21.0. The minimum absolute atomic E-state index is 0.0490. The van der Waals surface area contributed by atoms with Gasteiger partial charge in [0.1, 0.15) is 5.56 Å². The molecule has 1 heterocycles. The Bertz CT molecular complexity index is 1250. The SMILES string of the molecule is Cc1cccc(C(=O)NCc2cn(Cc3ccccc3)nc2-c2ccccc2)c1[N+](=O)[O-]. The predicted molar refractivity (Wildman–Crippen MR) is 122 cm³/mol. The summed E-state index contributed by atoms with van der Waals surface area (Å²) in [5.41, 5.74) is 3.96. The number of hydrogen-bond acceptors (Lipinski definition) is 4. The van der Waals surface area contributed by atoms with Crippen molar-refractivity contribution in [3.8, 4) is 11.3 Å². The van der Waals surface area contributed by atoms with Crippen molar-refractivity contribution in [3.63, 3.8) is 0 Å². The van der Waals surface area contributed by atoms with Gasteiger partial charge in [0.25, 0.3) is 11.6 Å². The molecule has 0 aliphatic heterocycles. The number of nitro groups is 1. The van der Waals surface area contributed by atoms with Crippen molar-refractivity contribution >= 4 is 11.6 Å². The molecule has 4 aromatic rings. The maximum Gasteiger partial charge on any atom is 0.285 e. The van der Waals surface area contributed by atoms with Crippen LogP contribution < -0.4 is 5.32 Å². The molecule has 3 aromatic carbocycles. The highest BCUT2D eigenvalue weighted by atomic mass is 16.6. The van der Waals surface area contributed by atoms with Crippen molar-refractivity contribution in [3.05, 3.63) is 117 Å². The fourth-order valence-electron chi connectivity index (χ4n) is 3.64. The Morgan fingerprint density at radius 2 is 1.69 bits per heavy atom. The molecule has 0 spiro atoms. The second-order valence-corrected chi connectivity index (χ2v) is 7.46. The molecule has 7 nitrogen and oxygen atoms in total. The number of hydrogen-bond donors (Lipinski definition) is 1. The predicted octanol–water partition coefficient (Wildman–Crippen LogP) is 4.75. The van der Waals surface area contributed by atoms with Crippen LogP contribution in [0.3, 0.4) is 0 Å². The molecule has 1 amide bonds. The Morgan fingerprint density at radius 3 is 2.38 bits per heavy atom. The lowest BCUT2D eigenvalue weighted by atomic mass is 10.1. The monoisotopic (exact) mass is 426 g/mol. The number of aryl methyl sites for hydroxylation is 1. The number of carbonyl (C=O) groups is 1. The van der Waals surface area contributed by atoms with E-state index in [1.165, 1.54) is 6.07 Å². The summed E-state index contributed by atoms with van der Waals surface area (Å²) in [6.07, 6.45) is 1.90. The Hall–Kier alpha value is -4.26. The number of aromatic nitrogens is 2. The van der Waals surface area contributed by atoms with Gasteiger partial charge in [0, 0.05) is 29.4 Å². The standard InChI is InChI=1S/C25H22N4O3/c1-18-9-8-14-22(24(18)29(31)32)25(30)26-15-21-17-28(16-19-10-4-2-5-11-19)27-23(21)20-12-6-3-7-13-20/h2-14,17H,15-16H2,1H3,(H,26,30). The van der Waals surface area contributed by atoms with Gasteiger partial charge < -0.3 is 5.32 Å². The molecule has 1 aromatic heterocycles. The van der Waals surface area contributed by atoms with Gasteiger partial charge in [0.05, 0.1) is 17.2 Å². The summed E-state index contributed by atoms with van der Waals surface area (Å²) in [6.45, 7) is 2.41. The van der Waals surface area contributed by atoms with E-state index < -0.39 is 10.8 Å². The molecule has 0 aliphatic carbocycles. The van der Waals surface area contributed by atoms with E-state index in [4.69, 9.17) is 5.10 Å². The number of nitro benzene ring substituents is 1. The third-order valence-corrected chi connectivity index (χ3v) is 5.18. The number of nitrogens with zero attached hydrogens (tertiary/aromatic N) is 3. The number of rotatable bonds is 7. The van der Waals surface area contributed by atoms with E-state index in [1.54, 1.807) is 19.1 Å². The van der Waals surface area contributed by atoms with Crippen LogP contribution in [0.15, 0.2) is 85.1 Å². The topological polar surface area (TPSA) is 90.1 Å². The van der Waals surface area contributed by atoms with Gasteiger partial charge in [-0.3, -0.25) is 19.6 Å². The minimum Gasteiger partial charge on any atom is -0.348 e. The molecule has 0 fully saturated rings. The number of nitrogens with one attached hydrogen (secondary N) is 1. The molecule has 0 radical (unpaired) electrons. The van der Waals surface area contributed by atoms with Crippen LogP contribution in [0.25, 0.3) is 11.3 Å². The summed E-state index contributed by atoms with van der Waals surface area (Å²) in [4.78, 5) is 23.7. The summed E-state index contributed by atoms with van der Waals surface area (Å²) in [5.74, 6) is -0.491. The van der Waals surface area contributed by atoms with Gasteiger partial charge in [-0.15, -0.1) is 0 Å². The van der Waals surface area contributed by atoms with Gasteiger partial charge in [-0.05, 0) is 18.6 Å². The fourth-order valence-corrected chi connectivity index (χ4v) is 3.64. The third-order valence-electron chi connectivity index (χ3n) is 5.18. The van der Waals surface area contributed by atoms with Crippen molar-refractivity contribution < 1.29 is 9.72 Å². The highest BCUT2D eigenvalue weighted by Crippen LogP contribution is 2.25. The zero-order valence-corrected chi connectivity index (χ0v) is 17.6. The molecule has 0 unspecified atom stereocenters. The van der Waals surface area contributed by atoms with Gasteiger partial charge >= 0.3 is 0 Å². The summed E-state index contributed by atoms with van der Waals surface area (Å²) in [6, 6.07) is 24.4. The molecule has 4 rings (SSSR count). The van der Waals surface area contributed by atoms with Crippen LogP contribution in [0.2, 0.25) is 0 Å². The summed E-state index contributed by atoms with van der Waals surface area (Å²) >= 11 is 0. The second-order valence-electron chi connectivity index (χ2n) is 7.46. The lowest BCUT2D eigenvalue weighted by Gasteiger charge is -2.07. The first-order chi connectivity index (χ1) is 15.5. The highest BCUT2D eigenvalue weighted by molar-refractivity contribution is 5.98. The van der Waals surface area contributed by atoms with E-state index >= 15 is 0 Å². The smallest absolute Gasteiger partial charge is 0.285 e. The van der Waals surface area contributed by atoms with Crippen LogP contribution in [-0.4, -0.2) is 20.6 Å². The molecular formula is C25H22N4O3. The van der Waals surface area contributed by atoms with E-state index in [9.17, 15) is 14.9 Å². The number of carbonyl (C=O) groups excluding carboxylic acids is 1. The molecule has 32 heavy (non-hydrogen) atoms. The Balaban J connectivity index is 1.61. The summed E-state index contributed by atoms with van der Waals surface area (Å²) in [5, 5.41) is 19.0. The van der Waals surface area contributed by atoms with E-state index in [-0.39, 0.29) is 17.8 Å². The third kappa shape index (κ3) is 4.57. The molecule has 160 valence electrons. The largest absolute Gasteiger partial charge is 0.348 e. The van der Waals surface area contributed by atoms with Crippen LogP contribution in [0.1, 0.15) is 27.0 Å². The van der Waals surface area contributed by atoms with Crippen LogP contribution >= 0.6 is 0 Å². The average molecular weight is 426 g/mol. The zero-order chi connectivity index (χ0) is 22.5. The minimum atomic E-state index is -0.516. The first-order valence-electron chi connectivity index (χ1n) is 10.2. The van der Waals surface area contributed by atoms with Gasteiger partial charge in [-0.25, -0.2) is 0 Å². The maximum absolute atomic E-state index is 12.8. The maximum atomic E-state index is 12.8. The first-order valence-corrected chi connectivity index (χ1v) is 10.2. The number of amides is 1. The lowest BCUT2D eigenvalue weighted by Crippen LogP contribution is -2.24. The van der Waals surface area contributed by atoms with E-state index in [2.05, 4.69) is 5.32 Å². The van der Waals surface area contributed by atoms with Crippen LogP contribution in [0.5, 0.6) is 0 Å². The molecule has 0 saturated carbocycles. The van der Waals surface area contributed by atoms with Gasteiger partial charge in [-0.1, -0.05) is 72.8 Å². The van der Waals surface area contributed by atoms with E-state index in [0.29, 0.717) is 12.1 Å². The molecule has 1 N–H and O–H groups in total. The quantitative estimate of drug-likeness (QED) is 0.341. The van der Waals surface area contributed by atoms with Gasteiger partial charge in [0.2, 0.25) is 0 Å². The van der Waals surface area contributed by atoms with Crippen molar-refractivity contribution in [2.45, 2.75) is 20.0 Å². The van der Waals surface area contributed by atoms with Crippen molar-refractivity contribution in [1.29, 1.82) is 0 Å². The van der Waals surface area contributed by atoms with Gasteiger partial charge in [0.15, 0.2) is 0 Å². The Kier molecular flexibility index (Phi) is 6.07. The van der Waals surface area contributed by atoms with Crippen LogP contribution in [-0.2, 0) is 13.1 Å². The van der Waals surface area contributed by atoms with E-state index in [1.807, 2.05) is 71.5 Å². The molecule has 0 atom stereocenters. The fraction of sp³-hybridized carbons (Fsp3) is 0.120. The molecule has 0 bridgehead atoms. The average Bonchev–Trinajstić information content (AvgIpc) is 3.20. The molecule has 0 saturated heterocycles. The zero-order valence-electron chi connectivity index (χ0n) is 17.6. The summed E-state index contributed by atoms with van der Waals surface area (Å²) in [7, 11) is 0. The Morgan fingerprint density at radius 1 is 1.00 bits per heavy atom. The van der Waals surface area contributed by atoms with Crippen molar-refractivity contribution in [1.82, 2.24) is 15.1 Å².